The molecule has 0 aliphatic rings. The fraction of sp³-hybridized carbons (Fsp3) is 0.800. The minimum atomic E-state index is 0.322. The van der Waals surface area contributed by atoms with Crippen LogP contribution in [0, 0.1) is 0 Å². The normalized spacial score (nSPS) is 13.4. The quantitative estimate of drug-likeness (QED) is 0.802. The van der Waals surface area contributed by atoms with Crippen LogP contribution in [0.5, 0.6) is 0 Å². The molecule has 15 heavy (non-hydrogen) atoms. The van der Waals surface area contributed by atoms with E-state index in [9.17, 15) is 0 Å². The van der Waals surface area contributed by atoms with E-state index in [1.54, 1.807) is 7.11 Å². The third-order valence-electron chi connectivity index (χ3n) is 2.20. The van der Waals surface area contributed by atoms with Gasteiger partial charge in [-0.1, -0.05) is 13.8 Å². The van der Waals surface area contributed by atoms with Gasteiger partial charge in [-0.2, -0.15) is 4.37 Å². The molecule has 4 nitrogen and oxygen atoms in total. The summed E-state index contributed by atoms with van der Waals surface area (Å²) in [6.45, 7) is 4.92. The number of nitrogens with one attached hydrogen (secondary N) is 1. The van der Waals surface area contributed by atoms with Gasteiger partial charge in [0.1, 0.15) is 10.8 Å². The maximum atomic E-state index is 5.12. The van der Waals surface area contributed by atoms with Crippen molar-refractivity contribution in [2.45, 2.75) is 32.2 Å². The molecule has 1 aromatic rings. The lowest BCUT2D eigenvalue weighted by Crippen LogP contribution is -2.32. The van der Waals surface area contributed by atoms with Crippen molar-refractivity contribution in [1.29, 1.82) is 0 Å². The molecule has 5 heteroatoms. The first-order valence-electron chi connectivity index (χ1n) is 5.16. The fourth-order valence-electron chi connectivity index (χ4n) is 1.24. The molecule has 0 radical (unpaired) electrons. The van der Waals surface area contributed by atoms with Crippen LogP contribution in [-0.4, -0.2) is 36.2 Å². The molecule has 0 aromatic carbocycles. The van der Waals surface area contributed by atoms with E-state index in [-0.39, 0.29) is 0 Å². The first kappa shape index (κ1) is 12.5. The van der Waals surface area contributed by atoms with Gasteiger partial charge in [-0.25, -0.2) is 4.98 Å². The second kappa shape index (κ2) is 6.15. The van der Waals surface area contributed by atoms with Crippen molar-refractivity contribution in [3.05, 3.63) is 10.8 Å². The van der Waals surface area contributed by atoms with Crippen molar-refractivity contribution in [1.82, 2.24) is 14.7 Å². The van der Waals surface area contributed by atoms with Crippen LogP contribution in [0.3, 0.4) is 0 Å². The van der Waals surface area contributed by atoms with Gasteiger partial charge in [0.05, 0.1) is 6.61 Å². The van der Waals surface area contributed by atoms with Gasteiger partial charge in [-0.05, 0) is 18.6 Å². The molecule has 1 unspecified atom stereocenters. The van der Waals surface area contributed by atoms with Crippen LogP contribution in [-0.2, 0) is 11.2 Å². The number of rotatable bonds is 6. The van der Waals surface area contributed by atoms with Crippen molar-refractivity contribution in [3.8, 4) is 0 Å². The summed E-state index contributed by atoms with van der Waals surface area (Å²) in [5.74, 6) is 1.35. The van der Waals surface area contributed by atoms with E-state index in [1.807, 2.05) is 7.05 Å². The molecule has 0 amide bonds. The molecule has 1 rings (SSSR count). The second-order valence-electron chi connectivity index (χ2n) is 3.85. The lowest BCUT2D eigenvalue weighted by molar-refractivity contribution is 0.169. The second-order valence-corrected chi connectivity index (χ2v) is 4.68. The van der Waals surface area contributed by atoms with Gasteiger partial charge in [0.2, 0.25) is 0 Å². The van der Waals surface area contributed by atoms with Crippen molar-refractivity contribution < 1.29 is 4.74 Å². The van der Waals surface area contributed by atoms with E-state index in [1.165, 1.54) is 11.5 Å². The summed E-state index contributed by atoms with van der Waals surface area (Å²) in [5.41, 5.74) is 0. The first-order valence-corrected chi connectivity index (χ1v) is 5.93. The van der Waals surface area contributed by atoms with E-state index >= 15 is 0 Å². The van der Waals surface area contributed by atoms with Crippen LogP contribution >= 0.6 is 11.5 Å². The lowest BCUT2D eigenvalue weighted by atomic mass is 10.2. The van der Waals surface area contributed by atoms with Gasteiger partial charge in [0.25, 0.3) is 0 Å². The van der Waals surface area contributed by atoms with Crippen molar-refractivity contribution in [2.24, 2.45) is 0 Å². The third kappa shape index (κ3) is 3.85. The molecular formula is C10H19N3OS. The number of aromatic nitrogens is 2. The third-order valence-corrected chi connectivity index (χ3v) is 2.94. The number of hydrogen-bond acceptors (Lipinski definition) is 5. The van der Waals surface area contributed by atoms with Crippen LogP contribution in [0.15, 0.2) is 0 Å². The van der Waals surface area contributed by atoms with Crippen LogP contribution in [0.4, 0.5) is 0 Å². The standard InChI is InChI=1S/C10H19N3OS/c1-7(2)10-12-9(15-13-10)5-8(11-3)6-14-4/h7-8,11H,5-6H2,1-4H3. The molecule has 0 spiro atoms. The first-order chi connectivity index (χ1) is 7.17. The Morgan fingerprint density at radius 3 is 2.67 bits per heavy atom. The Bertz CT molecular complexity index is 288. The Labute approximate surface area is 95.2 Å². The van der Waals surface area contributed by atoms with Gasteiger partial charge < -0.3 is 10.1 Å². The molecule has 0 aliphatic carbocycles. The smallest absolute Gasteiger partial charge is 0.145 e. The summed E-state index contributed by atoms with van der Waals surface area (Å²) in [6.07, 6.45) is 0.884. The van der Waals surface area contributed by atoms with Crippen LogP contribution in [0.2, 0.25) is 0 Å². The molecule has 1 heterocycles. The molecule has 0 saturated heterocycles. The van der Waals surface area contributed by atoms with Gasteiger partial charge in [-0.15, -0.1) is 0 Å². The van der Waals surface area contributed by atoms with Crippen LogP contribution < -0.4 is 5.32 Å². The van der Waals surface area contributed by atoms with Crippen molar-refractivity contribution >= 4 is 11.5 Å². The molecule has 0 aliphatic heterocycles. The highest BCUT2D eigenvalue weighted by atomic mass is 32.1. The molecule has 1 aromatic heterocycles. The van der Waals surface area contributed by atoms with Gasteiger partial charge in [0, 0.05) is 25.5 Å². The summed E-state index contributed by atoms with van der Waals surface area (Å²) in [6, 6.07) is 0.322. The lowest BCUT2D eigenvalue weighted by Gasteiger charge is -2.12. The van der Waals surface area contributed by atoms with E-state index in [2.05, 4.69) is 28.5 Å². The molecule has 0 fully saturated rings. The summed E-state index contributed by atoms with van der Waals surface area (Å²) in [4.78, 5) is 4.49. The Kier molecular flexibility index (Phi) is 5.14. The van der Waals surface area contributed by atoms with Crippen molar-refractivity contribution in [3.63, 3.8) is 0 Å². The average molecular weight is 229 g/mol. The Morgan fingerprint density at radius 2 is 2.20 bits per heavy atom. The monoisotopic (exact) mass is 229 g/mol. The number of ether oxygens (including phenoxy) is 1. The molecule has 1 N–H and O–H groups in total. The zero-order valence-electron chi connectivity index (χ0n) is 9.78. The highest BCUT2D eigenvalue weighted by molar-refractivity contribution is 7.05. The highest BCUT2D eigenvalue weighted by Crippen LogP contribution is 2.14. The van der Waals surface area contributed by atoms with E-state index in [4.69, 9.17) is 4.74 Å². The van der Waals surface area contributed by atoms with Gasteiger partial charge in [-0.3, -0.25) is 0 Å². The summed E-state index contributed by atoms with van der Waals surface area (Å²) >= 11 is 1.49. The Morgan fingerprint density at radius 1 is 1.47 bits per heavy atom. The predicted molar refractivity (Wildman–Crippen MR) is 62.4 cm³/mol. The summed E-state index contributed by atoms with van der Waals surface area (Å²) < 4.78 is 9.44. The minimum Gasteiger partial charge on any atom is -0.383 e. The SMILES string of the molecule is CNC(COC)Cc1nc(C(C)C)ns1. The summed E-state index contributed by atoms with van der Waals surface area (Å²) in [7, 11) is 3.65. The van der Waals surface area contributed by atoms with E-state index in [0.717, 1.165) is 17.3 Å². The average Bonchev–Trinajstić information content (AvgIpc) is 2.65. The predicted octanol–water partition coefficient (Wildman–Crippen LogP) is 1.44. The highest BCUT2D eigenvalue weighted by Gasteiger charge is 2.12. The van der Waals surface area contributed by atoms with Gasteiger partial charge >= 0.3 is 0 Å². The minimum absolute atomic E-state index is 0.322. The van der Waals surface area contributed by atoms with E-state index in [0.29, 0.717) is 18.6 Å². The zero-order valence-corrected chi connectivity index (χ0v) is 10.6. The molecule has 0 bridgehead atoms. The Hall–Kier alpha value is -0.520. The molecule has 86 valence electrons. The Balaban J connectivity index is 2.55. The van der Waals surface area contributed by atoms with Crippen molar-refractivity contribution in [2.75, 3.05) is 20.8 Å². The fourth-order valence-corrected chi connectivity index (χ4v) is 2.10. The van der Waals surface area contributed by atoms with Crippen LogP contribution in [0.1, 0.15) is 30.6 Å². The largest absolute Gasteiger partial charge is 0.383 e. The number of methoxy groups -OCH3 is 1. The van der Waals surface area contributed by atoms with E-state index < -0.39 is 0 Å². The maximum Gasteiger partial charge on any atom is 0.145 e. The number of hydrogen-bond donors (Lipinski definition) is 1. The zero-order chi connectivity index (χ0) is 11.3. The summed E-state index contributed by atoms with van der Waals surface area (Å²) in [5, 5.41) is 4.28. The van der Waals surface area contributed by atoms with Crippen LogP contribution in [0.25, 0.3) is 0 Å². The number of likely N-dealkylation sites (N-methyl/N-ethyl adjacent to an activating group) is 1. The topological polar surface area (TPSA) is 47.0 Å². The van der Waals surface area contributed by atoms with Gasteiger partial charge in [0.15, 0.2) is 0 Å². The maximum absolute atomic E-state index is 5.12. The molecule has 1 atom stereocenters. The molecular weight excluding hydrogens is 210 g/mol. The number of nitrogens with zero attached hydrogens (tertiary/aromatic N) is 2. The molecule has 0 saturated carbocycles.